The number of nitrogens with zero attached hydrogens (tertiary/aromatic N) is 5. The van der Waals surface area contributed by atoms with Crippen LogP contribution in [0.3, 0.4) is 0 Å². The minimum atomic E-state index is 0.611. The van der Waals surface area contributed by atoms with Gasteiger partial charge in [-0.1, -0.05) is 13.8 Å². The van der Waals surface area contributed by atoms with Crippen LogP contribution in [0.2, 0.25) is 0 Å². The maximum Gasteiger partial charge on any atom is 0.181 e. The lowest BCUT2D eigenvalue weighted by molar-refractivity contribution is 0.122. The molecule has 3 aromatic heterocycles. The molecule has 1 aliphatic heterocycles. The first-order valence-electron chi connectivity index (χ1n) is 8.75. The van der Waals surface area contributed by atoms with E-state index in [0.29, 0.717) is 5.92 Å². The molecule has 3 aromatic rings. The SMILES string of the molecule is Cc1nc2c(N3CCOCC3)nccn2c1-c1cnc(CC(C)C)s1. The maximum absolute atomic E-state index is 5.46. The van der Waals surface area contributed by atoms with E-state index in [4.69, 9.17) is 9.72 Å². The molecule has 25 heavy (non-hydrogen) atoms. The van der Waals surface area contributed by atoms with Gasteiger partial charge in [0, 0.05) is 38.1 Å². The fourth-order valence-electron chi connectivity index (χ4n) is 3.24. The predicted molar refractivity (Wildman–Crippen MR) is 100 cm³/mol. The van der Waals surface area contributed by atoms with Crippen molar-refractivity contribution in [2.24, 2.45) is 5.92 Å². The van der Waals surface area contributed by atoms with E-state index >= 15 is 0 Å². The molecule has 132 valence electrons. The van der Waals surface area contributed by atoms with Crippen molar-refractivity contribution in [3.05, 3.63) is 29.3 Å². The lowest BCUT2D eigenvalue weighted by Crippen LogP contribution is -2.37. The Balaban J connectivity index is 1.77. The number of aromatic nitrogens is 4. The number of morpholine rings is 1. The van der Waals surface area contributed by atoms with Crippen LogP contribution in [-0.4, -0.2) is 45.7 Å². The number of ether oxygens (including phenoxy) is 1. The summed E-state index contributed by atoms with van der Waals surface area (Å²) in [6, 6.07) is 0. The van der Waals surface area contributed by atoms with Crippen molar-refractivity contribution in [3.8, 4) is 10.6 Å². The molecule has 0 N–H and O–H groups in total. The molecule has 1 fully saturated rings. The molecule has 0 saturated carbocycles. The van der Waals surface area contributed by atoms with Crippen molar-refractivity contribution in [2.75, 3.05) is 31.2 Å². The number of fused-ring (bicyclic) bond motifs is 1. The molecule has 0 spiro atoms. The number of hydrogen-bond donors (Lipinski definition) is 0. The lowest BCUT2D eigenvalue weighted by atomic mass is 10.1. The first kappa shape index (κ1) is 16.5. The van der Waals surface area contributed by atoms with Gasteiger partial charge in [-0.05, 0) is 12.8 Å². The lowest BCUT2D eigenvalue weighted by Gasteiger charge is -2.27. The third kappa shape index (κ3) is 3.14. The van der Waals surface area contributed by atoms with E-state index in [0.717, 1.165) is 55.6 Å². The summed E-state index contributed by atoms with van der Waals surface area (Å²) >= 11 is 1.76. The topological polar surface area (TPSA) is 55.5 Å². The smallest absolute Gasteiger partial charge is 0.181 e. The van der Waals surface area contributed by atoms with Crippen LogP contribution in [-0.2, 0) is 11.2 Å². The number of imidazole rings is 1. The van der Waals surface area contributed by atoms with Gasteiger partial charge in [0.1, 0.15) is 0 Å². The van der Waals surface area contributed by atoms with Gasteiger partial charge >= 0.3 is 0 Å². The molecule has 0 aliphatic carbocycles. The van der Waals surface area contributed by atoms with E-state index in [9.17, 15) is 0 Å². The summed E-state index contributed by atoms with van der Waals surface area (Å²) in [6.45, 7) is 9.69. The van der Waals surface area contributed by atoms with Crippen molar-refractivity contribution in [3.63, 3.8) is 0 Å². The van der Waals surface area contributed by atoms with Crippen molar-refractivity contribution in [1.82, 2.24) is 19.4 Å². The van der Waals surface area contributed by atoms with Gasteiger partial charge in [-0.2, -0.15) is 0 Å². The third-order valence-corrected chi connectivity index (χ3v) is 5.40. The molecule has 0 aromatic carbocycles. The Morgan fingerprint density at radius 3 is 2.80 bits per heavy atom. The van der Waals surface area contributed by atoms with Crippen LogP contribution in [0, 0.1) is 12.8 Å². The van der Waals surface area contributed by atoms with Crippen LogP contribution in [0.4, 0.5) is 5.82 Å². The van der Waals surface area contributed by atoms with Gasteiger partial charge in [0.15, 0.2) is 11.5 Å². The molecule has 0 unspecified atom stereocenters. The number of rotatable bonds is 4. The number of hydrogen-bond acceptors (Lipinski definition) is 6. The highest BCUT2D eigenvalue weighted by molar-refractivity contribution is 7.15. The molecule has 0 bridgehead atoms. The minimum absolute atomic E-state index is 0.611. The fraction of sp³-hybridized carbons (Fsp3) is 0.500. The van der Waals surface area contributed by atoms with E-state index in [-0.39, 0.29) is 0 Å². The fourth-order valence-corrected chi connectivity index (χ4v) is 4.46. The highest BCUT2D eigenvalue weighted by Gasteiger charge is 2.21. The zero-order valence-corrected chi connectivity index (χ0v) is 15.7. The van der Waals surface area contributed by atoms with E-state index in [1.54, 1.807) is 11.3 Å². The van der Waals surface area contributed by atoms with E-state index in [1.165, 1.54) is 9.88 Å². The average molecular weight is 357 g/mol. The van der Waals surface area contributed by atoms with Gasteiger partial charge in [0.25, 0.3) is 0 Å². The molecule has 4 rings (SSSR count). The Morgan fingerprint density at radius 2 is 2.04 bits per heavy atom. The predicted octanol–water partition coefficient (Wildman–Crippen LogP) is 3.20. The van der Waals surface area contributed by atoms with Crippen LogP contribution < -0.4 is 4.90 Å². The summed E-state index contributed by atoms with van der Waals surface area (Å²) in [6.07, 6.45) is 6.85. The Labute approximate surface area is 151 Å². The molecular weight excluding hydrogens is 334 g/mol. The molecular formula is C18H23N5OS. The Bertz CT molecular complexity index is 879. The van der Waals surface area contributed by atoms with Gasteiger partial charge in [-0.15, -0.1) is 11.3 Å². The Morgan fingerprint density at radius 1 is 1.24 bits per heavy atom. The zero-order chi connectivity index (χ0) is 17.4. The molecule has 0 amide bonds. The summed E-state index contributed by atoms with van der Waals surface area (Å²) in [5.74, 6) is 1.55. The molecule has 6 nitrogen and oxygen atoms in total. The van der Waals surface area contributed by atoms with Crippen molar-refractivity contribution in [1.29, 1.82) is 0 Å². The maximum atomic E-state index is 5.46. The number of aryl methyl sites for hydroxylation is 1. The Hall–Kier alpha value is -1.99. The normalized spacial score (nSPS) is 15.4. The van der Waals surface area contributed by atoms with E-state index < -0.39 is 0 Å². The van der Waals surface area contributed by atoms with Crippen LogP contribution in [0.15, 0.2) is 18.6 Å². The first-order chi connectivity index (χ1) is 12.1. The highest BCUT2D eigenvalue weighted by atomic mass is 32.1. The number of anilines is 1. The van der Waals surface area contributed by atoms with Crippen LogP contribution >= 0.6 is 11.3 Å². The molecule has 0 radical (unpaired) electrons. The van der Waals surface area contributed by atoms with Crippen molar-refractivity contribution >= 4 is 22.8 Å². The van der Waals surface area contributed by atoms with Gasteiger partial charge in [0.05, 0.1) is 34.5 Å². The largest absolute Gasteiger partial charge is 0.378 e. The van der Waals surface area contributed by atoms with Crippen LogP contribution in [0.5, 0.6) is 0 Å². The summed E-state index contributed by atoms with van der Waals surface area (Å²) in [5.41, 5.74) is 3.05. The number of thiazole rings is 1. The van der Waals surface area contributed by atoms with Gasteiger partial charge in [0.2, 0.25) is 0 Å². The summed E-state index contributed by atoms with van der Waals surface area (Å²) < 4.78 is 7.62. The monoisotopic (exact) mass is 357 g/mol. The molecule has 4 heterocycles. The zero-order valence-electron chi connectivity index (χ0n) is 14.9. The second-order valence-corrected chi connectivity index (χ2v) is 7.92. The molecule has 1 aliphatic rings. The molecule has 7 heteroatoms. The van der Waals surface area contributed by atoms with Crippen LogP contribution in [0.25, 0.3) is 16.2 Å². The van der Waals surface area contributed by atoms with Crippen molar-refractivity contribution < 1.29 is 4.74 Å². The molecule has 1 saturated heterocycles. The average Bonchev–Trinajstić information content (AvgIpc) is 3.17. The molecule has 0 atom stereocenters. The Kier molecular flexibility index (Phi) is 4.43. The second-order valence-electron chi connectivity index (χ2n) is 6.81. The van der Waals surface area contributed by atoms with Gasteiger partial charge in [-0.25, -0.2) is 15.0 Å². The van der Waals surface area contributed by atoms with Crippen molar-refractivity contribution in [2.45, 2.75) is 27.2 Å². The summed E-state index contributed by atoms with van der Waals surface area (Å²) in [4.78, 5) is 17.5. The van der Waals surface area contributed by atoms with E-state index in [1.807, 2.05) is 18.6 Å². The highest BCUT2D eigenvalue weighted by Crippen LogP contribution is 2.32. The summed E-state index contributed by atoms with van der Waals surface area (Å²) in [5, 5.41) is 1.18. The van der Waals surface area contributed by atoms with E-state index in [2.05, 4.69) is 40.0 Å². The second kappa shape index (κ2) is 6.72. The summed E-state index contributed by atoms with van der Waals surface area (Å²) in [7, 11) is 0. The minimum Gasteiger partial charge on any atom is -0.378 e. The first-order valence-corrected chi connectivity index (χ1v) is 9.56. The van der Waals surface area contributed by atoms with Crippen LogP contribution in [0.1, 0.15) is 24.5 Å². The van der Waals surface area contributed by atoms with Gasteiger partial charge in [-0.3, -0.25) is 4.40 Å². The quantitative estimate of drug-likeness (QED) is 0.718. The standard InChI is InChI=1S/C18H23N5OS/c1-12(2)10-15-20-11-14(25-15)16-13(3)21-18-17(19-4-5-23(16)18)22-6-8-24-9-7-22/h4-5,11-12H,6-10H2,1-3H3. The third-order valence-electron chi connectivity index (χ3n) is 4.38. The van der Waals surface area contributed by atoms with Gasteiger partial charge < -0.3 is 9.64 Å².